The number of thioether (sulfide) groups is 1. The van der Waals surface area contributed by atoms with Gasteiger partial charge in [0.05, 0.1) is 11.8 Å². The highest BCUT2D eigenvalue weighted by Crippen LogP contribution is 2.53. The number of rotatable bonds is 5. The van der Waals surface area contributed by atoms with Crippen LogP contribution in [-0.2, 0) is 0 Å². The topological polar surface area (TPSA) is 23.5 Å². The van der Waals surface area contributed by atoms with Gasteiger partial charge in [0, 0.05) is 11.9 Å². The quantitative estimate of drug-likeness (QED) is 0.874. The average Bonchev–Trinajstić information content (AvgIpc) is 2.70. The fraction of sp³-hybridized carbons (Fsp3) is 0.600. The van der Waals surface area contributed by atoms with E-state index < -0.39 is 0 Å². The minimum Gasteiger partial charge on any atom is -0.390 e. The van der Waals surface area contributed by atoms with Gasteiger partial charge >= 0.3 is 0 Å². The van der Waals surface area contributed by atoms with Gasteiger partial charge in [-0.15, -0.1) is 0 Å². The van der Waals surface area contributed by atoms with Gasteiger partial charge in [0.2, 0.25) is 0 Å². The number of benzene rings is 1. The van der Waals surface area contributed by atoms with Crippen molar-refractivity contribution in [2.75, 3.05) is 11.9 Å². The van der Waals surface area contributed by atoms with Gasteiger partial charge in [-0.3, -0.25) is 0 Å². The van der Waals surface area contributed by atoms with E-state index >= 15 is 0 Å². The maximum atomic E-state index is 10.5. The van der Waals surface area contributed by atoms with E-state index in [0.29, 0.717) is 0 Å². The normalized spacial score (nSPS) is 24.1. The third kappa shape index (κ3) is 2.14. The van der Waals surface area contributed by atoms with Gasteiger partial charge in [-0.1, -0.05) is 50.6 Å². The lowest BCUT2D eigenvalue weighted by Crippen LogP contribution is -2.50. The maximum Gasteiger partial charge on any atom is 0.116 e. The van der Waals surface area contributed by atoms with Crippen LogP contribution in [0, 0.1) is 0 Å². The first-order valence-corrected chi connectivity index (χ1v) is 7.67. The van der Waals surface area contributed by atoms with E-state index in [0.717, 1.165) is 19.3 Å². The Morgan fingerprint density at radius 1 is 1.33 bits per heavy atom. The number of hydrogen-bond acceptors (Lipinski definition) is 3. The molecule has 0 aromatic heterocycles. The van der Waals surface area contributed by atoms with Gasteiger partial charge in [0.15, 0.2) is 0 Å². The zero-order valence-electron chi connectivity index (χ0n) is 11.5. The van der Waals surface area contributed by atoms with Crippen molar-refractivity contribution >= 4 is 17.4 Å². The fourth-order valence-electron chi connectivity index (χ4n) is 2.71. The van der Waals surface area contributed by atoms with Gasteiger partial charge in [0.25, 0.3) is 0 Å². The molecule has 0 bridgehead atoms. The largest absolute Gasteiger partial charge is 0.390 e. The molecular weight excluding hydrogens is 242 g/mol. The van der Waals surface area contributed by atoms with Crippen LogP contribution in [0.2, 0.25) is 0 Å². The Kier molecular flexibility index (Phi) is 4.23. The summed E-state index contributed by atoms with van der Waals surface area (Å²) >= 11 is 1.84. The van der Waals surface area contributed by atoms with E-state index in [-0.39, 0.29) is 11.0 Å². The minimum absolute atomic E-state index is 0.172. The van der Waals surface area contributed by atoms with Gasteiger partial charge in [-0.25, -0.2) is 0 Å². The summed E-state index contributed by atoms with van der Waals surface area (Å²) in [7, 11) is 2.12. The summed E-state index contributed by atoms with van der Waals surface area (Å²) < 4.78 is 0. The second-order valence-electron chi connectivity index (χ2n) is 5.00. The molecule has 3 heteroatoms. The zero-order chi connectivity index (χ0) is 13.2. The Hall–Kier alpha value is -0.670. The molecule has 0 radical (unpaired) electrons. The third-order valence-corrected chi connectivity index (χ3v) is 5.55. The molecule has 1 N–H and O–H groups in total. The smallest absolute Gasteiger partial charge is 0.116 e. The first-order chi connectivity index (χ1) is 8.65. The number of likely N-dealkylation sites (N-methyl/N-ethyl adjacent to an activating group) is 1. The molecule has 18 heavy (non-hydrogen) atoms. The first-order valence-electron chi connectivity index (χ1n) is 6.85. The highest BCUT2D eigenvalue weighted by molar-refractivity contribution is 8.01. The molecule has 0 fully saturated rings. The molecule has 100 valence electrons. The Morgan fingerprint density at radius 3 is 2.67 bits per heavy atom. The van der Waals surface area contributed by atoms with Gasteiger partial charge in [-0.05, 0) is 25.0 Å². The van der Waals surface area contributed by atoms with Crippen molar-refractivity contribution < 1.29 is 5.11 Å². The van der Waals surface area contributed by atoms with E-state index in [4.69, 9.17) is 0 Å². The summed E-state index contributed by atoms with van der Waals surface area (Å²) in [6.07, 6.45) is 3.88. The molecule has 1 aliphatic rings. The molecule has 0 amide bonds. The molecule has 0 spiro atoms. The number of hydrogen-bond donors (Lipinski definition) is 1. The van der Waals surface area contributed by atoms with Gasteiger partial charge < -0.3 is 10.0 Å². The Labute approximate surface area is 114 Å². The third-order valence-electron chi connectivity index (χ3n) is 3.88. The van der Waals surface area contributed by atoms with E-state index in [2.05, 4.69) is 50.1 Å². The Balaban J connectivity index is 2.33. The predicted octanol–water partition coefficient (Wildman–Crippen LogP) is 3.89. The van der Waals surface area contributed by atoms with Crippen LogP contribution in [0.1, 0.15) is 39.5 Å². The van der Waals surface area contributed by atoms with E-state index in [1.54, 1.807) is 0 Å². The highest BCUT2D eigenvalue weighted by atomic mass is 32.2. The number of aliphatic hydroxyl groups is 1. The number of fused-ring (bicyclic) bond motifs is 1. The van der Waals surface area contributed by atoms with Crippen LogP contribution in [0.3, 0.4) is 0 Å². The molecule has 0 saturated heterocycles. The van der Waals surface area contributed by atoms with Crippen molar-refractivity contribution in [3.8, 4) is 0 Å². The SMILES string of the molecule is CCCCC1(C(O)CC)Sc2ccccc2N1C. The Bertz CT molecular complexity index is 409. The van der Waals surface area contributed by atoms with Gasteiger partial charge in [-0.2, -0.15) is 0 Å². The van der Waals surface area contributed by atoms with Crippen LogP contribution >= 0.6 is 11.8 Å². The molecule has 1 heterocycles. The van der Waals surface area contributed by atoms with Crippen molar-refractivity contribution in [1.82, 2.24) is 0 Å². The summed E-state index contributed by atoms with van der Waals surface area (Å²) in [6, 6.07) is 8.46. The van der Waals surface area contributed by atoms with Crippen LogP contribution in [0.5, 0.6) is 0 Å². The standard InChI is InChI=1S/C15H23NOS/c1-4-6-11-15(14(17)5-2)16(3)12-9-7-8-10-13(12)18-15/h7-10,14,17H,4-6,11H2,1-3H3. The number of unbranched alkanes of at least 4 members (excludes halogenated alkanes) is 1. The lowest BCUT2D eigenvalue weighted by Gasteiger charge is -2.40. The molecule has 0 aliphatic carbocycles. The first kappa shape index (κ1) is 13.8. The van der Waals surface area contributed by atoms with Crippen LogP contribution in [0.4, 0.5) is 5.69 Å². The molecule has 1 aromatic rings. The summed E-state index contributed by atoms with van der Waals surface area (Å²) in [5.41, 5.74) is 1.26. The molecule has 0 saturated carbocycles. The van der Waals surface area contributed by atoms with Crippen molar-refractivity contribution in [2.24, 2.45) is 0 Å². The van der Waals surface area contributed by atoms with Crippen LogP contribution in [0.25, 0.3) is 0 Å². The van der Waals surface area contributed by atoms with Crippen LogP contribution in [0.15, 0.2) is 29.2 Å². The van der Waals surface area contributed by atoms with Crippen molar-refractivity contribution in [1.29, 1.82) is 0 Å². The molecule has 2 atom stereocenters. The number of para-hydroxylation sites is 1. The Morgan fingerprint density at radius 2 is 2.06 bits per heavy atom. The minimum atomic E-state index is -0.286. The molecule has 2 rings (SSSR count). The van der Waals surface area contributed by atoms with Crippen LogP contribution < -0.4 is 4.90 Å². The van der Waals surface area contributed by atoms with E-state index in [1.807, 2.05) is 11.8 Å². The lowest BCUT2D eigenvalue weighted by molar-refractivity contribution is 0.119. The maximum absolute atomic E-state index is 10.5. The van der Waals surface area contributed by atoms with E-state index in [1.165, 1.54) is 17.0 Å². The molecule has 1 aromatic carbocycles. The molecular formula is C15H23NOS. The zero-order valence-corrected chi connectivity index (χ0v) is 12.3. The summed E-state index contributed by atoms with van der Waals surface area (Å²) in [5, 5.41) is 10.5. The predicted molar refractivity (Wildman–Crippen MR) is 79.3 cm³/mol. The van der Waals surface area contributed by atoms with E-state index in [9.17, 15) is 5.11 Å². The molecule has 1 aliphatic heterocycles. The average molecular weight is 265 g/mol. The number of anilines is 1. The van der Waals surface area contributed by atoms with Crippen molar-refractivity contribution in [3.05, 3.63) is 24.3 Å². The second kappa shape index (κ2) is 5.54. The van der Waals surface area contributed by atoms with Crippen LogP contribution in [-0.4, -0.2) is 23.1 Å². The van der Waals surface area contributed by atoms with Crippen molar-refractivity contribution in [2.45, 2.75) is 55.4 Å². The number of aliphatic hydroxyl groups excluding tert-OH is 1. The molecule has 2 unspecified atom stereocenters. The number of nitrogens with zero attached hydrogens (tertiary/aromatic N) is 1. The lowest BCUT2D eigenvalue weighted by atomic mass is 9.99. The fourth-order valence-corrected chi connectivity index (χ4v) is 4.33. The molecule has 2 nitrogen and oxygen atoms in total. The highest BCUT2D eigenvalue weighted by Gasteiger charge is 2.46. The van der Waals surface area contributed by atoms with Crippen molar-refractivity contribution in [3.63, 3.8) is 0 Å². The summed E-state index contributed by atoms with van der Waals surface area (Å²) in [4.78, 5) is 3.41. The van der Waals surface area contributed by atoms with Gasteiger partial charge in [0.1, 0.15) is 4.87 Å². The summed E-state index contributed by atoms with van der Waals surface area (Å²) in [6.45, 7) is 4.27. The summed E-state index contributed by atoms with van der Waals surface area (Å²) in [5.74, 6) is 0. The second-order valence-corrected chi connectivity index (χ2v) is 6.35. The monoisotopic (exact) mass is 265 g/mol.